The molecule has 5 rings (SSSR count). The fourth-order valence-corrected chi connectivity index (χ4v) is 6.71. The van der Waals surface area contributed by atoms with Gasteiger partial charge in [0.1, 0.15) is 0 Å². The molecular formula is C25H24N2OS2. The number of para-hydroxylation sites is 2. The summed E-state index contributed by atoms with van der Waals surface area (Å²) >= 11 is 3.52. The molecule has 0 unspecified atom stereocenters. The summed E-state index contributed by atoms with van der Waals surface area (Å²) in [6.45, 7) is 6.11. The van der Waals surface area contributed by atoms with Crippen LogP contribution in [-0.2, 0) is 4.79 Å². The van der Waals surface area contributed by atoms with Gasteiger partial charge in [0.25, 0.3) is 0 Å². The number of thioether (sulfide) groups is 2. The van der Waals surface area contributed by atoms with Gasteiger partial charge in [-0.05, 0) is 57.0 Å². The average Bonchev–Trinajstić information content (AvgIpc) is 3.44. The highest BCUT2D eigenvalue weighted by Gasteiger charge is 2.33. The first-order valence-electron chi connectivity index (χ1n) is 10.5. The summed E-state index contributed by atoms with van der Waals surface area (Å²) < 4.78 is 0. The van der Waals surface area contributed by atoms with Crippen molar-refractivity contribution in [1.82, 2.24) is 0 Å². The molecule has 2 heterocycles. The highest BCUT2D eigenvalue weighted by Crippen LogP contribution is 2.49. The van der Waals surface area contributed by atoms with Crippen LogP contribution in [0.4, 0.5) is 11.4 Å². The highest BCUT2D eigenvalue weighted by atomic mass is 32.2. The Morgan fingerprint density at radius 3 is 2.17 bits per heavy atom. The van der Waals surface area contributed by atoms with Gasteiger partial charge in [0.2, 0.25) is 0 Å². The van der Waals surface area contributed by atoms with Gasteiger partial charge in [-0.15, -0.1) is 0 Å². The molecule has 0 bridgehead atoms. The molecule has 3 aliphatic rings. The number of benzene rings is 2. The lowest BCUT2D eigenvalue weighted by Crippen LogP contribution is -2.19. The van der Waals surface area contributed by atoms with Crippen LogP contribution in [0.1, 0.15) is 26.7 Å². The molecule has 2 aliphatic heterocycles. The van der Waals surface area contributed by atoms with Crippen molar-refractivity contribution in [2.45, 2.75) is 36.5 Å². The van der Waals surface area contributed by atoms with E-state index in [9.17, 15) is 4.79 Å². The summed E-state index contributed by atoms with van der Waals surface area (Å²) in [6.07, 6.45) is 5.82. The summed E-state index contributed by atoms with van der Waals surface area (Å²) in [5, 5.41) is 2.32. The minimum atomic E-state index is 0.212. The van der Waals surface area contributed by atoms with Crippen LogP contribution in [0.25, 0.3) is 0 Å². The minimum absolute atomic E-state index is 0.212. The summed E-state index contributed by atoms with van der Waals surface area (Å²) in [6, 6.07) is 16.9. The number of rotatable bonds is 3. The van der Waals surface area contributed by atoms with E-state index < -0.39 is 0 Å². The highest BCUT2D eigenvalue weighted by molar-refractivity contribution is 8.04. The van der Waals surface area contributed by atoms with Gasteiger partial charge < -0.3 is 9.80 Å². The predicted octanol–water partition coefficient (Wildman–Crippen LogP) is 6.59. The van der Waals surface area contributed by atoms with E-state index in [4.69, 9.17) is 0 Å². The fourth-order valence-electron chi connectivity index (χ4n) is 4.29. The molecule has 2 aromatic carbocycles. The molecule has 1 aliphatic carbocycles. The Balaban J connectivity index is 1.43. The number of carbonyl (C=O) groups excluding carboxylic acids is 1. The number of ketones is 1. The van der Waals surface area contributed by atoms with E-state index in [2.05, 4.69) is 84.3 Å². The first-order valence-corrected chi connectivity index (χ1v) is 12.1. The number of hydrogen-bond donors (Lipinski definition) is 0. The van der Waals surface area contributed by atoms with Crippen molar-refractivity contribution in [3.8, 4) is 0 Å². The normalized spacial score (nSPS) is 23.1. The Kier molecular flexibility index (Phi) is 5.25. The number of carbonyl (C=O) groups is 1. The van der Waals surface area contributed by atoms with Gasteiger partial charge in [-0.2, -0.15) is 0 Å². The molecule has 30 heavy (non-hydrogen) atoms. The number of Topliss-reactive ketones (excluding diaryl/α,β-unsaturated/α-hetero) is 1. The quantitative estimate of drug-likeness (QED) is 0.509. The maximum atomic E-state index is 13.3. The van der Waals surface area contributed by atoms with Crippen LogP contribution in [0.5, 0.6) is 0 Å². The smallest absolute Gasteiger partial charge is 0.187 e. The molecule has 0 radical (unpaired) electrons. The third-order valence-corrected chi connectivity index (χ3v) is 8.13. The van der Waals surface area contributed by atoms with Crippen LogP contribution >= 0.6 is 23.5 Å². The number of allylic oxidation sites excluding steroid dienone is 4. The molecule has 1 saturated carbocycles. The Bertz CT molecular complexity index is 1120. The molecule has 0 spiro atoms. The van der Waals surface area contributed by atoms with Crippen LogP contribution in [0.15, 0.2) is 91.7 Å². The van der Waals surface area contributed by atoms with E-state index in [0.717, 1.165) is 42.1 Å². The van der Waals surface area contributed by atoms with E-state index in [1.165, 1.54) is 26.2 Å². The second-order valence-corrected chi connectivity index (χ2v) is 9.53. The SMILES string of the molecule is CCN1/C(=C/C=C2\CC/C(=C3/Sc4ccccc4N3CC)C2=O)Sc2ccccc21. The summed E-state index contributed by atoms with van der Waals surface area (Å²) in [7, 11) is 0. The molecule has 0 aromatic heterocycles. The monoisotopic (exact) mass is 432 g/mol. The van der Waals surface area contributed by atoms with Crippen molar-refractivity contribution in [3.05, 3.63) is 81.9 Å². The van der Waals surface area contributed by atoms with E-state index in [-0.39, 0.29) is 5.78 Å². The van der Waals surface area contributed by atoms with Gasteiger partial charge in [-0.1, -0.05) is 53.9 Å². The lowest BCUT2D eigenvalue weighted by Gasteiger charge is -2.19. The Hall–Kier alpha value is -2.37. The second kappa shape index (κ2) is 8.05. The fraction of sp³-hybridized carbons (Fsp3) is 0.240. The number of nitrogens with zero attached hydrogens (tertiary/aromatic N) is 2. The lowest BCUT2D eigenvalue weighted by molar-refractivity contribution is -0.111. The Morgan fingerprint density at radius 1 is 0.833 bits per heavy atom. The number of fused-ring (bicyclic) bond motifs is 2. The second-order valence-electron chi connectivity index (χ2n) is 7.44. The molecule has 0 amide bonds. The Labute approximate surface area is 186 Å². The lowest BCUT2D eigenvalue weighted by atomic mass is 10.1. The van der Waals surface area contributed by atoms with Crippen molar-refractivity contribution in [3.63, 3.8) is 0 Å². The van der Waals surface area contributed by atoms with Crippen molar-refractivity contribution in [2.24, 2.45) is 0 Å². The van der Waals surface area contributed by atoms with Gasteiger partial charge in [-0.25, -0.2) is 0 Å². The first-order chi connectivity index (χ1) is 14.7. The maximum absolute atomic E-state index is 13.3. The van der Waals surface area contributed by atoms with Crippen molar-refractivity contribution < 1.29 is 4.79 Å². The largest absolute Gasteiger partial charge is 0.335 e. The Morgan fingerprint density at radius 2 is 1.47 bits per heavy atom. The molecular weight excluding hydrogens is 408 g/mol. The third-order valence-electron chi connectivity index (χ3n) is 5.77. The van der Waals surface area contributed by atoms with Crippen LogP contribution in [-0.4, -0.2) is 18.9 Å². The maximum Gasteiger partial charge on any atom is 0.187 e. The standard InChI is InChI=1S/C25H24N2OS2/c1-3-26-19-9-5-7-11-21(19)29-23(26)16-14-17-13-15-18(24(17)28)25-27(4-2)20-10-6-8-12-22(20)30-25/h5-12,14,16H,3-4,13,15H2,1-2H3/b17-14+,23-16-,25-18-. The van der Waals surface area contributed by atoms with Gasteiger partial charge in [-0.3, -0.25) is 4.79 Å². The zero-order valence-electron chi connectivity index (χ0n) is 17.2. The predicted molar refractivity (Wildman–Crippen MR) is 128 cm³/mol. The minimum Gasteiger partial charge on any atom is -0.335 e. The zero-order valence-corrected chi connectivity index (χ0v) is 18.9. The molecule has 5 heteroatoms. The zero-order chi connectivity index (χ0) is 20.7. The molecule has 1 fully saturated rings. The van der Waals surface area contributed by atoms with Crippen molar-refractivity contribution in [1.29, 1.82) is 0 Å². The molecule has 3 nitrogen and oxygen atoms in total. The van der Waals surface area contributed by atoms with Gasteiger partial charge >= 0.3 is 0 Å². The average molecular weight is 433 g/mol. The summed E-state index contributed by atoms with van der Waals surface area (Å²) in [5.41, 5.74) is 4.37. The van der Waals surface area contributed by atoms with Crippen LogP contribution in [0.3, 0.4) is 0 Å². The topological polar surface area (TPSA) is 23.6 Å². The van der Waals surface area contributed by atoms with Gasteiger partial charge in [0.15, 0.2) is 5.78 Å². The van der Waals surface area contributed by atoms with Gasteiger partial charge in [0.05, 0.1) is 21.4 Å². The van der Waals surface area contributed by atoms with E-state index in [1.807, 2.05) is 0 Å². The van der Waals surface area contributed by atoms with Crippen LogP contribution in [0, 0.1) is 0 Å². The van der Waals surface area contributed by atoms with Crippen LogP contribution in [0.2, 0.25) is 0 Å². The molecule has 0 N–H and O–H groups in total. The molecule has 152 valence electrons. The summed E-state index contributed by atoms with van der Waals surface area (Å²) in [4.78, 5) is 20.4. The molecule has 0 saturated heterocycles. The number of hydrogen-bond acceptors (Lipinski definition) is 5. The third kappa shape index (κ3) is 3.21. The van der Waals surface area contributed by atoms with E-state index in [1.54, 1.807) is 23.5 Å². The molecule has 0 atom stereocenters. The van der Waals surface area contributed by atoms with Gasteiger partial charge in [0, 0.05) is 34.0 Å². The summed E-state index contributed by atoms with van der Waals surface area (Å²) in [5.74, 6) is 0.212. The van der Waals surface area contributed by atoms with E-state index >= 15 is 0 Å². The van der Waals surface area contributed by atoms with Crippen LogP contribution < -0.4 is 9.80 Å². The first kappa shape index (κ1) is 19.6. The van der Waals surface area contributed by atoms with E-state index in [0.29, 0.717) is 0 Å². The number of anilines is 2. The molecule has 2 aromatic rings. The van der Waals surface area contributed by atoms with Crippen molar-refractivity contribution in [2.75, 3.05) is 22.9 Å². The van der Waals surface area contributed by atoms with Crippen molar-refractivity contribution >= 4 is 40.7 Å².